The lowest BCUT2D eigenvalue weighted by Crippen LogP contribution is -2.44. The summed E-state index contributed by atoms with van der Waals surface area (Å²) in [5, 5.41) is 3.35. The molecule has 3 heteroatoms. The fraction of sp³-hybridized carbons (Fsp3) is 0.929. The van der Waals surface area contributed by atoms with Gasteiger partial charge in [-0.1, -0.05) is 27.2 Å². The highest BCUT2D eigenvalue weighted by Gasteiger charge is 2.41. The first kappa shape index (κ1) is 14.5. The van der Waals surface area contributed by atoms with Crippen LogP contribution in [0.1, 0.15) is 46.5 Å². The number of amides is 1. The van der Waals surface area contributed by atoms with Crippen LogP contribution in [-0.2, 0) is 4.79 Å². The molecule has 1 fully saturated rings. The van der Waals surface area contributed by atoms with Crippen molar-refractivity contribution in [3.63, 3.8) is 0 Å². The Bertz CT molecular complexity index is 245. The highest BCUT2D eigenvalue weighted by Crippen LogP contribution is 2.33. The second-order valence-corrected chi connectivity index (χ2v) is 5.87. The van der Waals surface area contributed by atoms with Crippen LogP contribution in [0.2, 0.25) is 0 Å². The van der Waals surface area contributed by atoms with Gasteiger partial charge in [0.1, 0.15) is 0 Å². The van der Waals surface area contributed by atoms with Crippen LogP contribution in [0.4, 0.5) is 0 Å². The first-order valence-corrected chi connectivity index (χ1v) is 6.98. The molecule has 0 aromatic carbocycles. The van der Waals surface area contributed by atoms with Crippen molar-refractivity contribution in [2.75, 3.05) is 26.7 Å². The molecule has 0 aromatic heterocycles. The van der Waals surface area contributed by atoms with E-state index in [4.69, 9.17) is 0 Å². The van der Waals surface area contributed by atoms with Crippen molar-refractivity contribution in [3.05, 3.63) is 0 Å². The van der Waals surface area contributed by atoms with Crippen LogP contribution in [0.5, 0.6) is 0 Å². The zero-order chi connectivity index (χ0) is 12.9. The van der Waals surface area contributed by atoms with E-state index in [0.717, 1.165) is 45.3 Å². The number of nitrogens with zero attached hydrogens (tertiary/aromatic N) is 1. The zero-order valence-electron chi connectivity index (χ0n) is 11.9. The molecule has 1 aliphatic heterocycles. The minimum absolute atomic E-state index is 0.111. The van der Waals surface area contributed by atoms with Gasteiger partial charge in [0.15, 0.2) is 0 Å². The zero-order valence-corrected chi connectivity index (χ0v) is 11.9. The third-order valence-electron chi connectivity index (χ3n) is 3.81. The van der Waals surface area contributed by atoms with Gasteiger partial charge < -0.3 is 10.2 Å². The van der Waals surface area contributed by atoms with E-state index in [9.17, 15) is 4.79 Å². The lowest BCUT2D eigenvalue weighted by molar-refractivity contribution is -0.140. The van der Waals surface area contributed by atoms with Gasteiger partial charge in [0, 0.05) is 20.1 Å². The Morgan fingerprint density at radius 2 is 2.18 bits per heavy atom. The summed E-state index contributed by atoms with van der Waals surface area (Å²) in [5.41, 5.74) is -0.111. The first-order chi connectivity index (χ1) is 8.02. The summed E-state index contributed by atoms with van der Waals surface area (Å²) in [7, 11) is 1.96. The van der Waals surface area contributed by atoms with Crippen molar-refractivity contribution >= 4 is 5.91 Å². The van der Waals surface area contributed by atoms with Gasteiger partial charge in [0.2, 0.25) is 5.91 Å². The minimum atomic E-state index is -0.111. The molecular weight excluding hydrogens is 212 g/mol. The average molecular weight is 240 g/mol. The predicted octanol–water partition coefficient (Wildman–Crippen LogP) is 2.27. The Labute approximate surface area is 106 Å². The van der Waals surface area contributed by atoms with E-state index in [1.165, 1.54) is 0 Å². The molecule has 1 N–H and O–H groups in total. The normalized spacial score (nSPS) is 24.3. The molecule has 1 atom stereocenters. The SMILES string of the molecule is CCCC1(C(=O)N(C)CCC(C)C)CCNC1. The third kappa shape index (κ3) is 3.70. The Morgan fingerprint density at radius 1 is 1.47 bits per heavy atom. The molecule has 1 amide bonds. The molecule has 0 radical (unpaired) electrons. The van der Waals surface area contributed by atoms with E-state index in [-0.39, 0.29) is 5.41 Å². The lowest BCUT2D eigenvalue weighted by atomic mass is 9.81. The van der Waals surface area contributed by atoms with Gasteiger partial charge in [-0.2, -0.15) is 0 Å². The summed E-state index contributed by atoms with van der Waals surface area (Å²) >= 11 is 0. The van der Waals surface area contributed by atoms with Crippen LogP contribution in [0.25, 0.3) is 0 Å². The summed E-state index contributed by atoms with van der Waals surface area (Å²) in [6.45, 7) is 9.33. The fourth-order valence-electron chi connectivity index (χ4n) is 2.68. The molecule has 100 valence electrons. The van der Waals surface area contributed by atoms with Gasteiger partial charge in [-0.3, -0.25) is 4.79 Å². The second-order valence-electron chi connectivity index (χ2n) is 5.87. The largest absolute Gasteiger partial charge is 0.345 e. The maximum Gasteiger partial charge on any atom is 0.229 e. The minimum Gasteiger partial charge on any atom is -0.345 e. The number of carbonyl (C=O) groups is 1. The molecule has 1 rings (SSSR count). The maximum atomic E-state index is 12.6. The summed E-state index contributed by atoms with van der Waals surface area (Å²) < 4.78 is 0. The number of carbonyl (C=O) groups excluding carboxylic acids is 1. The summed E-state index contributed by atoms with van der Waals surface area (Å²) in [6.07, 6.45) is 4.21. The van der Waals surface area contributed by atoms with E-state index < -0.39 is 0 Å². The van der Waals surface area contributed by atoms with Gasteiger partial charge in [0.05, 0.1) is 5.41 Å². The lowest BCUT2D eigenvalue weighted by Gasteiger charge is -2.32. The van der Waals surface area contributed by atoms with Crippen molar-refractivity contribution in [1.82, 2.24) is 10.2 Å². The van der Waals surface area contributed by atoms with E-state index in [0.29, 0.717) is 11.8 Å². The number of nitrogens with one attached hydrogen (secondary N) is 1. The van der Waals surface area contributed by atoms with Gasteiger partial charge in [-0.25, -0.2) is 0 Å². The standard InChI is InChI=1S/C14H28N2O/c1-5-7-14(8-9-15-11-14)13(17)16(4)10-6-12(2)3/h12,15H,5-11H2,1-4H3. The quantitative estimate of drug-likeness (QED) is 0.772. The van der Waals surface area contributed by atoms with Crippen molar-refractivity contribution in [1.29, 1.82) is 0 Å². The van der Waals surface area contributed by atoms with E-state index in [2.05, 4.69) is 26.1 Å². The Hall–Kier alpha value is -0.570. The van der Waals surface area contributed by atoms with Gasteiger partial charge in [-0.05, 0) is 31.7 Å². The van der Waals surface area contributed by atoms with Crippen LogP contribution in [-0.4, -0.2) is 37.5 Å². The maximum absolute atomic E-state index is 12.6. The van der Waals surface area contributed by atoms with Crippen LogP contribution < -0.4 is 5.32 Å². The van der Waals surface area contributed by atoms with Gasteiger partial charge in [0.25, 0.3) is 0 Å². The highest BCUT2D eigenvalue weighted by molar-refractivity contribution is 5.83. The molecule has 17 heavy (non-hydrogen) atoms. The molecule has 0 bridgehead atoms. The van der Waals surface area contributed by atoms with Crippen LogP contribution >= 0.6 is 0 Å². The van der Waals surface area contributed by atoms with Crippen LogP contribution in [0.15, 0.2) is 0 Å². The topological polar surface area (TPSA) is 32.3 Å². The molecule has 1 aliphatic rings. The molecular formula is C14H28N2O. The molecule has 3 nitrogen and oxygen atoms in total. The van der Waals surface area contributed by atoms with Crippen molar-refractivity contribution in [3.8, 4) is 0 Å². The smallest absolute Gasteiger partial charge is 0.229 e. The molecule has 1 unspecified atom stereocenters. The van der Waals surface area contributed by atoms with Crippen molar-refractivity contribution < 1.29 is 4.79 Å². The Balaban J connectivity index is 2.58. The van der Waals surface area contributed by atoms with Crippen LogP contribution in [0.3, 0.4) is 0 Å². The third-order valence-corrected chi connectivity index (χ3v) is 3.81. The fourth-order valence-corrected chi connectivity index (χ4v) is 2.68. The molecule has 1 saturated heterocycles. The second kappa shape index (κ2) is 6.39. The van der Waals surface area contributed by atoms with E-state index >= 15 is 0 Å². The van der Waals surface area contributed by atoms with Gasteiger partial charge in [-0.15, -0.1) is 0 Å². The summed E-state index contributed by atoms with van der Waals surface area (Å²) in [4.78, 5) is 14.5. The van der Waals surface area contributed by atoms with Crippen molar-refractivity contribution in [2.24, 2.45) is 11.3 Å². The number of hydrogen-bond acceptors (Lipinski definition) is 2. The number of hydrogen-bond donors (Lipinski definition) is 1. The van der Waals surface area contributed by atoms with Gasteiger partial charge >= 0.3 is 0 Å². The summed E-state index contributed by atoms with van der Waals surface area (Å²) in [6, 6.07) is 0. The Kier molecular flexibility index (Phi) is 5.44. The molecule has 0 aromatic rings. The highest BCUT2D eigenvalue weighted by atomic mass is 16.2. The van der Waals surface area contributed by atoms with E-state index in [1.807, 2.05) is 11.9 Å². The number of rotatable bonds is 6. The molecule has 0 aliphatic carbocycles. The average Bonchev–Trinajstić information content (AvgIpc) is 2.75. The molecule has 0 saturated carbocycles. The van der Waals surface area contributed by atoms with Crippen LogP contribution in [0, 0.1) is 11.3 Å². The molecule has 1 heterocycles. The first-order valence-electron chi connectivity index (χ1n) is 6.98. The van der Waals surface area contributed by atoms with Crippen molar-refractivity contribution in [2.45, 2.75) is 46.5 Å². The Morgan fingerprint density at radius 3 is 2.65 bits per heavy atom. The predicted molar refractivity (Wildman–Crippen MR) is 71.9 cm³/mol. The monoisotopic (exact) mass is 240 g/mol. The summed E-state index contributed by atoms with van der Waals surface area (Å²) in [5.74, 6) is 1.01. The molecule has 0 spiro atoms. The van der Waals surface area contributed by atoms with E-state index in [1.54, 1.807) is 0 Å².